The summed E-state index contributed by atoms with van der Waals surface area (Å²) in [6, 6.07) is 0. The smallest absolute Gasteiger partial charge is 0.330 e. The molecule has 4 heteroatoms. The summed E-state index contributed by atoms with van der Waals surface area (Å²) in [6.07, 6.45) is 18.7. The minimum atomic E-state index is -0.376. The lowest BCUT2D eigenvalue weighted by Gasteiger charge is -2.23. The van der Waals surface area contributed by atoms with Gasteiger partial charge < -0.3 is 9.47 Å². The van der Waals surface area contributed by atoms with E-state index in [0.717, 1.165) is 38.5 Å². The van der Waals surface area contributed by atoms with Gasteiger partial charge in [0.2, 0.25) is 0 Å². The van der Waals surface area contributed by atoms with Gasteiger partial charge in [-0.05, 0) is 59.8 Å². The van der Waals surface area contributed by atoms with E-state index in [9.17, 15) is 9.59 Å². The van der Waals surface area contributed by atoms with Crippen molar-refractivity contribution >= 4 is 11.9 Å². The molecule has 0 aromatic rings. The lowest BCUT2D eigenvalue weighted by molar-refractivity contribution is -0.157. The Morgan fingerprint density at radius 2 is 1.10 bits per heavy atom. The fraction of sp³-hybridized carbons (Fsp3) is 0.846. The van der Waals surface area contributed by atoms with Crippen molar-refractivity contribution in [2.75, 3.05) is 0 Å². The summed E-state index contributed by atoms with van der Waals surface area (Å²) in [5.74, 6) is -0.290. The number of rotatable bonds is 18. The van der Waals surface area contributed by atoms with Crippen molar-refractivity contribution in [3.05, 3.63) is 12.2 Å². The van der Waals surface area contributed by atoms with Gasteiger partial charge in [-0.3, -0.25) is 4.79 Å². The Balaban J connectivity index is 3.44. The van der Waals surface area contributed by atoms with E-state index in [2.05, 4.69) is 0 Å². The van der Waals surface area contributed by atoms with Crippen molar-refractivity contribution in [3.8, 4) is 0 Å². The summed E-state index contributed by atoms with van der Waals surface area (Å²) in [6.45, 7) is 11.9. The third-order valence-electron chi connectivity index (χ3n) is 5.73. The molecule has 0 bridgehead atoms. The average molecular weight is 425 g/mol. The molecule has 0 saturated heterocycles. The summed E-state index contributed by atoms with van der Waals surface area (Å²) >= 11 is 0. The highest BCUT2D eigenvalue weighted by Crippen LogP contribution is 2.17. The molecule has 0 heterocycles. The zero-order valence-electron chi connectivity index (χ0n) is 20.7. The molecule has 0 aromatic heterocycles. The van der Waals surface area contributed by atoms with E-state index in [1.165, 1.54) is 44.9 Å². The zero-order chi connectivity index (χ0) is 22.9. The van der Waals surface area contributed by atoms with Crippen LogP contribution >= 0.6 is 0 Å². The molecule has 0 fully saturated rings. The second kappa shape index (κ2) is 16.4. The molecule has 0 spiro atoms. The van der Waals surface area contributed by atoms with E-state index in [1.54, 1.807) is 6.08 Å². The van der Waals surface area contributed by atoms with Gasteiger partial charge in [0, 0.05) is 12.5 Å². The average Bonchev–Trinajstić information content (AvgIpc) is 2.67. The molecule has 176 valence electrons. The van der Waals surface area contributed by atoms with Gasteiger partial charge in [-0.1, -0.05) is 71.3 Å². The molecule has 0 aliphatic heterocycles. The van der Waals surface area contributed by atoms with E-state index in [4.69, 9.17) is 9.47 Å². The first-order chi connectivity index (χ1) is 14.1. The Morgan fingerprint density at radius 1 is 0.667 bits per heavy atom. The molecule has 0 saturated carbocycles. The van der Waals surface area contributed by atoms with E-state index >= 15 is 0 Å². The minimum Gasteiger partial charge on any atom is -0.460 e. The second-order valence-electron chi connectivity index (χ2n) is 9.60. The summed E-state index contributed by atoms with van der Waals surface area (Å²) < 4.78 is 10.8. The Bertz CT molecular complexity index is 491. The van der Waals surface area contributed by atoms with Gasteiger partial charge in [0.05, 0.1) is 0 Å². The number of carbonyl (C=O) groups excluding carboxylic acids is 2. The fourth-order valence-corrected chi connectivity index (χ4v) is 2.94. The first-order valence-corrected chi connectivity index (χ1v) is 12.2. The third-order valence-corrected chi connectivity index (χ3v) is 5.73. The predicted molar refractivity (Wildman–Crippen MR) is 125 cm³/mol. The molecular formula is C26H48O4. The maximum atomic E-state index is 11.8. The van der Waals surface area contributed by atoms with E-state index < -0.39 is 0 Å². The van der Waals surface area contributed by atoms with Gasteiger partial charge in [-0.25, -0.2) is 4.79 Å². The first-order valence-electron chi connectivity index (χ1n) is 12.2. The predicted octanol–water partition coefficient (Wildman–Crippen LogP) is 7.69. The molecule has 30 heavy (non-hydrogen) atoms. The fourth-order valence-electron chi connectivity index (χ4n) is 2.94. The SMILES string of the molecule is CCC(C)(C)OC(=O)/C=C/CCCCCCCCCCCCC(=O)OC(C)(C)CC. The molecule has 0 unspecified atom stereocenters. The number of hydrogen-bond acceptors (Lipinski definition) is 4. The Hall–Kier alpha value is -1.32. The number of unbranched alkanes of at least 4 members (excludes halogenated alkanes) is 10. The number of esters is 2. The van der Waals surface area contributed by atoms with Crippen LogP contribution in [0.4, 0.5) is 0 Å². The van der Waals surface area contributed by atoms with Crippen LogP contribution in [-0.2, 0) is 19.1 Å². The van der Waals surface area contributed by atoms with Crippen molar-refractivity contribution in [1.29, 1.82) is 0 Å². The van der Waals surface area contributed by atoms with Crippen molar-refractivity contribution in [2.45, 2.75) is 143 Å². The largest absolute Gasteiger partial charge is 0.460 e. The molecule has 0 atom stereocenters. The van der Waals surface area contributed by atoms with Crippen LogP contribution in [0.2, 0.25) is 0 Å². The monoisotopic (exact) mass is 424 g/mol. The van der Waals surface area contributed by atoms with Crippen LogP contribution in [-0.4, -0.2) is 23.1 Å². The zero-order valence-corrected chi connectivity index (χ0v) is 20.7. The van der Waals surface area contributed by atoms with Crippen LogP contribution in [0.5, 0.6) is 0 Å². The van der Waals surface area contributed by atoms with Crippen LogP contribution < -0.4 is 0 Å². The number of ether oxygens (including phenoxy) is 2. The molecule has 0 N–H and O–H groups in total. The maximum Gasteiger partial charge on any atom is 0.330 e. The van der Waals surface area contributed by atoms with Gasteiger partial charge in [-0.15, -0.1) is 0 Å². The standard InChI is InChI=1S/C26H48O4/c1-7-25(3,4)29-23(27)21-19-17-15-13-11-9-10-12-14-16-18-20-22-24(28)30-26(5,6)8-2/h19,21H,7-18,20,22H2,1-6H3/b21-19+. The second-order valence-corrected chi connectivity index (χ2v) is 9.60. The lowest BCUT2D eigenvalue weighted by atomic mass is 10.0. The summed E-state index contributed by atoms with van der Waals surface area (Å²) in [4.78, 5) is 23.5. The highest BCUT2D eigenvalue weighted by Gasteiger charge is 2.20. The molecule has 0 aliphatic carbocycles. The third kappa shape index (κ3) is 17.5. The van der Waals surface area contributed by atoms with Gasteiger partial charge in [-0.2, -0.15) is 0 Å². The molecule has 0 radical (unpaired) electrons. The molecule has 0 aromatic carbocycles. The topological polar surface area (TPSA) is 52.6 Å². The maximum absolute atomic E-state index is 11.8. The van der Waals surface area contributed by atoms with Gasteiger partial charge >= 0.3 is 11.9 Å². The number of carbonyl (C=O) groups is 2. The quantitative estimate of drug-likeness (QED) is 0.129. The lowest BCUT2D eigenvalue weighted by Crippen LogP contribution is -2.26. The first kappa shape index (κ1) is 28.7. The van der Waals surface area contributed by atoms with Crippen molar-refractivity contribution in [2.24, 2.45) is 0 Å². The van der Waals surface area contributed by atoms with E-state index in [0.29, 0.717) is 6.42 Å². The highest BCUT2D eigenvalue weighted by atomic mass is 16.6. The van der Waals surface area contributed by atoms with Crippen molar-refractivity contribution < 1.29 is 19.1 Å². The number of hydrogen-bond donors (Lipinski definition) is 0. The van der Waals surface area contributed by atoms with Gasteiger partial charge in [0.15, 0.2) is 0 Å². The van der Waals surface area contributed by atoms with Crippen LogP contribution in [0.15, 0.2) is 12.2 Å². The molecule has 0 amide bonds. The van der Waals surface area contributed by atoms with Crippen LogP contribution in [0.25, 0.3) is 0 Å². The Kier molecular flexibility index (Phi) is 15.7. The van der Waals surface area contributed by atoms with Gasteiger partial charge in [0.1, 0.15) is 11.2 Å². The summed E-state index contributed by atoms with van der Waals surface area (Å²) in [7, 11) is 0. The minimum absolute atomic E-state index is 0.0571. The van der Waals surface area contributed by atoms with Gasteiger partial charge in [0.25, 0.3) is 0 Å². The Labute approximate surface area is 186 Å². The van der Waals surface area contributed by atoms with E-state index in [-0.39, 0.29) is 23.1 Å². The molecule has 0 rings (SSSR count). The summed E-state index contributed by atoms with van der Waals surface area (Å²) in [5.41, 5.74) is -0.704. The van der Waals surface area contributed by atoms with Crippen molar-refractivity contribution in [1.82, 2.24) is 0 Å². The van der Waals surface area contributed by atoms with E-state index in [1.807, 2.05) is 47.6 Å². The van der Waals surface area contributed by atoms with Crippen molar-refractivity contribution in [3.63, 3.8) is 0 Å². The normalized spacial score (nSPS) is 12.3. The number of allylic oxidation sites excluding steroid dienone is 1. The molecular weight excluding hydrogens is 376 g/mol. The van der Waals surface area contributed by atoms with Crippen LogP contribution in [0.1, 0.15) is 131 Å². The molecule has 4 nitrogen and oxygen atoms in total. The van der Waals surface area contributed by atoms with Crippen LogP contribution in [0, 0.1) is 0 Å². The molecule has 0 aliphatic rings. The highest BCUT2D eigenvalue weighted by molar-refractivity contribution is 5.82. The van der Waals surface area contributed by atoms with Crippen LogP contribution in [0.3, 0.4) is 0 Å². The Morgan fingerprint density at radius 3 is 1.60 bits per heavy atom. The summed E-state index contributed by atoms with van der Waals surface area (Å²) in [5, 5.41) is 0.